The smallest absolute Gasteiger partial charge is 0.409 e. The second kappa shape index (κ2) is 8.84. The highest BCUT2D eigenvalue weighted by molar-refractivity contribution is 7.92. The molecule has 0 saturated heterocycles. The lowest BCUT2D eigenvalue weighted by Crippen LogP contribution is -2.48. The van der Waals surface area contributed by atoms with Gasteiger partial charge in [0.1, 0.15) is 16.7 Å². The normalized spacial score (nSPS) is 15.7. The second-order valence-corrected chi connectivity index (χ2v) is 9.00. The number of carbonyl (C=O) groups is 2. The van der Waals surface area contributed by atoms with Crippen LogP contribution >= 0.6 is 0 Å². The second-order valence-electron chi connectivity index (χ2n) is 7.17. The number of hydrogen-bond acceptors (Lipinski definition) is 6. The van der Waals surface area contributed by atoms with Gasteiger partial charge in [-0.2, -0.15) is 5.10 Å². The minimum Gasteiger partial charge on any atom is -0.484 e. The van der Waals surface area contributed by atoms with Crippen LogP contribution in [0.5, 0.6) is 5.75 Å². The summed E-state index contributed by atoms with van der Waals surface area (Å²) >= 11 is 0. The maximum Gasteiger partial charge on any atom is 0.409 e. The molecule has 1 aromatic heterocycles. The number of sulfonamides is 1. The zero-order chi connectivity index (χ0) is 22.8. The van der Waals surface area contributed by atoms with Crippen LogP contribution in [0.15, 0.2) is 29.3 Å². The summed E-state index contributed by atoms with van der Waals surface area (Å²) in [6.45, 7) is 5.58. The number of fused-ring (bicyclic) bond motifs is 1. The van der Waals surface area contributed by atoms with E-state index in [0.29, 0.717) is 12.2 Å². The van der Waals surface area contributed by atoms with Gasteiger partial charge < -0.3 is 15.2 Å². The summed E-state index contributed by atoms with van der Waals surface area (Å²) in [5.74, 6) is 0.00113. The van der Waals surface area contributed by atoms with Crippen LogP contribution in [0, 0.1) is 6.92 Å². The van der Waals surface area contributed by atoms with Crippen LogP contribution in [-0.2, 0) is 21.4 Å². The number of nitrogens with zero attached hydrogens (tertiary/aromatic N) is 3. The van der Waals surface area contributed by atoms with Gasteiger partial charge in [0.15, 0.2) is 0 Å². The monoisotopic (exact) mass is 451 g/mol. The minimum atomic E-state index is -4.04. The van der Waals surface area contributed by atoms with Crippen LogP contribution in [0.25, 0.3) is 0 Å². The largest absolute Gasteiger partial charge is 0.484 e. The van der Waals surface area contributed by atoms with Gasteiger partial charge in [0.25, 0.3) is 10.0 Å². The fraction of sp³-hybridized carbons (Fsp3) is 0.421. The van der Waals surface area contributed by atoms with Crippen LogP contribution in [0.4, 0.5) is 16.2 Å². The van der Waals surface area contributed by atoms with Gasteiger partial charge in [0.05, 0.1) is 24.5 Å². The molecule has 0 saturated carbocycles. The van der Waals surface area contributed by atoms with Gasteiger partial charge in [-0.15, -0.1) is 0 Å². The van der Waals surface area contributed by atoms with E-state index in [-0.39, 0.29) is 41.0 Å². The molecule has 3 N–H and O–H groups in total. The van der Waals surface area contributed by atoms with Crippen molar-refractivity contribution in [1.82, 2.24) is 15.1 Å². The van der Waals surface area contributed by atoms with Gasteiger partial charge in [0, 0.05) is 25.4 Å². The van der Waals surface area contributed by atoms with Crippen LogP contribution in [0.3, 0.4) is 0 Å². The van der Waals surface area contributed by atoms with Crippen LogP contribution in [-0.4, -0.2) is 54.5 Å². The number of hydrogen-bond donors (Lipinski definition) is 3. The lowest BCUT2D eigenvalue weighted by molar-refractivity contribution is -0.119. The molecule has 2 heterocycles. The number of aromatic nitrogens is 2. The molecule has 0 radical (unpaired) electrons. The average Bonchev–Trinajstić information content (AvgIpc) is 3.06. The molecule has 3 rings (SSSR count). The van der Waals surface area contributed by atoms with Gasteiger partial charge >= 0.3 is 6.09 Å². The zero-order valence-corrected chi connectivity index (χ0v) is 18.3. The summed E-state index contributed by atoms with van der Waals surface area (Å²) in [5.41, 5.74) is 0.765. The molecule has 1 unspecified atom stereocenters. The van der Waals surface area contributed by atoms with Crippen molar-refractivity contribution in [2.24, 2.45) is 0 Å². The highest BCUT2D eigenvalue weighted by Gasteiger charge is 2.36. The number of nitrogens with one attached hydrogen (secondary N) is 2. The van der Waals surface area contributed by atoms with Crippen molar-refractivity contribution < 1.29 is 27.9 Å². The van der Waals surface area contributed by atoms with Crippen LogP contribution in [0.2, 0.25) is 0 Å². The molecule has 0 spiro atoms. The fourth-order valence-electron chi connectivity index (χ4n) is 3.32. The van der Waals surface area contributed by atoms with E-state index >= 15 is 0 Å². The maximum atomic E-state index is 13.6. The topological polar surface area (TPSA) is 143 Å². The first-order valence-electron chi connectivity index (χ1n) is 9.73. The number of anilines is 2. The molecule has 1 aliphatic rings. The van der Waals surface area contributed by atoms with Crippen LogP contribution < -0.4 is 19.7 Å². The summed E-state index contributed by atoms with van der Waals surface area (Å²) < 4.78 is 35.8. The highest BCUT2D eigenvalue weighted by Crippen LogP contribution is 2.39. The van der Waals surface area contributed by atoms with Gasteiger partial charge in [-0.05, 0) is 31.5 Å². The Kier molecular flexibility index (Phi) is 6.39. The van der Waals surface area contributed by atoms with Gasteiger partial charge in [-0.3, -0.25) is 19.1 Å². The molecule has 2 aromatic rings. The molecule has 11 nitrogen and oxygen atoms in total. The van der Waals surface area contributed by atoms with E-state index in [9.17, 15) is 18.0 Å². The summed E-state index contributed by atoms with van der Waals surface area (Å²) in [7, 11) is -4.04. The predicted octanol–water partition coefficient (Wildman–Crippen LogP) is 1.78. The minimum absolute atomic E-state index is 0.0590. The molecule has 0 fully saturated rings. The Balaban J connectivity index is 2.05. The summed E-state index contributed by atoms with van der Waals surface area (Å²) in [6.07, 6.45) is 0.386. The molecule has 168 valence electrons. The summed E-state index contributed by atoms with van der Waals surface area (Å²) in [6, 6.07) is 4.38. The lowest BCUT2D eigenvalue weighted by atomic mass is 10.2. The number of carboxylic acid groups (broad SMARTS) is 1. The summed E-state index contributed by atoms with van der Waals surface area (Å²) in [4.78, 5) is 22.4. The van der Waals surface area contributed by atoms with Crippen molar-refractivity contribution in [3.63, 3.8) is 0 Å². The highest BCUT2D eigenvalue weighted by atomic mass is 32.2. The Labute approximate surface area is 180 Å². The molecule has 2 amide bonds. The zero-order valence-electron chi connectivity index (χ0n) is 17.5. The van der Waals surface area contributed by atoms with E-state index in [1.54, 1.807) is 11.6 Å². The maximum absolute atomic E-state index is 13.6. The first kappa shape index (κ1) is 22.4. The molecular formula is C19H25N5O6S. The van der Waals surface area contributed by atoms with Crippen molar-refractivity contribution >= 4 is 33.4 Å². The predicted molar refractivity (Wildman–Crippen MR) is 113 cm³/mol. The molecule has 1 aliphatic heterocycles. The van der Waals surface area contributed by atoms with Crippen molar-refractivity contribution in [2.75, 3.05) is 22.7 Å². The number of carbonyl (C=O) groups excluding carboxylic acids is 1. The van der Waals surface area contributed by atoms with Crippen molar-refractivity contribution in [3.05, 3.63) is 30.1 Å². The Morgan fingerprint density at radius 2 is 2.10 bits per heavy atom. The van der Waals surface area contributed by atoms with E-state index in [1.165, 1.54) is 35.6 Å². The SMILES string of the molecule is CCCn1cc(S(=O)(=O)N2CC(CNC(C)=O)Oc3ccc(NC(=O)O)cc32)c(C)n1. The van der Waals surface area contributed by atoms with E-state index in [1.807, 2.05) is 6.92 Å². The summed E-state index contributed by atoms with van der Waals surface area (Å²) in [5, 5.41) is 18.1. The Morgan fingerprint density at radius 3 is 2.74 bits per heavy atom. The quantitative estimate of drug-likeness (QED) is 0.582. The fourth-order valence-corrected chi connectivity index (χ4v) is 4.99. The number of benzene rings is 1. The molecule has 1 aromatic carbocycles. The third-order valence-electron chi connectivity index (χ3n) is 4.64. The lowest BCUT2D eigenvalue weighted by Gasteiger charge is -2.35. The Morgan fingerprint density at radius 1 is 1.35 bits per heavy atom. The third-order valence-corrected chi connectivity index (χ3v) is 6.53. The standard InChI is InChI=1S/C19H25N5O6S/c1-4-7-23-11-18(12(2)22-23)31(28,29)24-10-15(9-20-13(3)25)30-17-6-5-14(8-16(17)24)21-19(26)27/h5-6,8,11,15,21H,4,7,9-10H2,1-3H3,(H,20,25)(H,26,27). The molecule has 0 aliphatic carbocycles. The molecule has 12 heteroatoms. The molecule has 0 bridgehead atoms. The first-order valence-corrected chi connectivity index (χ1v) is 11.2. The first-order chi connectivity index (χ1) is 14.6. The van der Waals surface area contributed by atoms with Crippen molar-refractivity contribution in [2.45, 2.75) is 44.7 Å². The number of ether oxygens (including phenoxy) is 1. The number of rotatable bonds is 7. The van der Waals surface area contributed by atoms with E-state index in [4.69, 9.17) is 9.84 Å². The Bertz CT molecular complexity index is 1100. The van der Waals surface area contributed by atoms with Crippen LogP contribution in [0.1, 0.15) is 26.0 Å². The van der Waals surface area contributed by atoms with E-state index < -0.39 is 22.2 Å². The third kappa shape index (κ3) is 4.90. The number of aryl methyl sites for hydroxylation is 2. The van der Waals surface area contributed by atoms with Gasteiger partial charge in [0.2, 0.25) is 5.91 Å². The average molecular weight is 452 g/mol. The van der Waals surface area contributed by atoms with Crippen molar-refractivity contribution in [3.8, 4) is 5.75 Å². The van der Waals surface area contributed by atoms with Gasteiger partial charge in [-0.1, -0.05) is 6.92 Å². The van der Waals surface area contributed by atoms with E-state index in [0.717, 1.165) is 6.42 Å². The molecule has 1 atom stereocenters. The number of amides is 2. The van der Waals surface area contributed by atoms with Crippen molar-refractivity contribution in [1.29, 1.82) is 0 Å². The molecular weight excluding hydrogens is 426 g/mol. The van der Waals surface area contributed by atoms with E-state index in [2.05, 4.69) is 15.7 Å². The molecule has 31 heavy (non-hydrogen) atoms. The Hall–Kier alpha value is -3.28. The van der Waals surface area contributed by atoms with Gasteiger partial charge in [-0.25, -0.2) is 13.2 Å².